The number of methoxy groups -OCH3 is 1. The topological polar surface area (TPSA) is 76.7 Å². The highest BCUT2D eigenvalue weighted by atomic mass is 19.4. The molecule has 0 spiro atoms. The zero-order valence-electron chi connectivity index (χ0n) is 13.8. The average Bonchev–Trinajstić information content (AvgIpc) is 2.62. The van der Waals surface area contributed by atoms with Gasteiger partial charge in [0.2, 0.25) is 0 Å². The maximum Gasteiger partial charge on any atom is 0.460 e. The maximum absolute atomic E-state index is 13.7. The van der Waals surface area contributed by atoms with Gasteiger partial charge < -0.3 is 14.8 Å². The van der Waals surface area contributed by atoms with E-state index in [2.05, 4.69) is 4.74 Å². The number of hydrogen-bond acceptors (Lipinski definition) is 4. The van der Waals surface area contributed by atoms with E-state index in [1.165, 1.54) is 35.6 Å². The number of urea groups is 1. The second-order valence-corrected chi connectivity index (χ2v) is 5.14. The van der Waals surface area contributed by atoms with Crippen molar-refractivity contribution in [2.75, 3.05) is 12.4 Å². The Morgan fingerprint density at radius 3 is 2.11 bits per heavy atom. The number of halogens is 4. The van der Waals surface area contributed by atoms with Crippen molar-refractivity contribution in [3.8, 4) is 5.75 Å². The largest absolute Gasteiger partial charge is 0.464 e. The van der Waals surface area contributed by atoms with E-state index in [-0.39, 0.29) is 5.75 Å². The summed E-state index contributed by atoms with van der Waals surface area (Å²) >= 11 is 0. The number of amides is 2. The van der Waals surface area contributed by atoms with E-state index < -0.39 is 35.4 Å². The van der Waals surface area contributed by atoms with Gasteiger partial charge in [0, 0.05) is 0 Å². The molecule has 1 atom stereocenters. The summed E-state index contributed by atoms with van der Waals surface area (Å²) in [7, 11) is 0.702. The number of hydrogen-bond donors (Lipinski definition) is 2. The van der Waals surface area contributed by atoms with E-state index >= 15 is 0 Å². The van der Waals surface area contributed by atoms with Crippen molar-refractivity contribution in [3.63, 3.8) is 0 Å². The first-order valence-corrected chi connectivity index (χ1v) is 7.42. The van der Waals surface area contributed by atoms with Crippen LogP contribution >= 0.6 is 0 Å². The Kier molecular flexibility index (Phi) is 5.88. The number of benzene rings is 2. The highest BCUT2D eigenvalue weighted by Gasteiger charge is 2.66. The smallest absolute Gasteiger partial charge is 0.460 e. The van der Waals surface area contributed by atoms with Gasteiger partial charge in [0.25, 0.3) is 0 Å². The minimum atomic E-state index is -5.40. The molecule has 0 saturated carbocycles. The number of esters is 1. The van der Waals surface area contributed by atoms with Gasteiger partial charge in [-0.3, -0.25) is 5.32 Å². The fourth-order valence-corrected chi connectivity index (χ4v) is 2.05. The number of alkyl halides is 3. The van der Waals surface area contributed by atoms with E-state index in [0.29, 0.717) is 7.11 Å². The molecule has 2 N–H and O–H groups in total. The molecule has 2 amide bonds. The molecular formula is C17H14F4N2O4. The molecular weight excluding hydrogens is 372 g/mol. The van der Waals surface area contributed by atoms with Crippen LogP contribution in [0.1, 0.15) is 0 Å². The first-order valence-electron chi connectivity index (χ1n) is 7.42. The van der Waals surface area contributed by atoms with Crippen molar-refractivity contribution in [2.24, 2.45) is 0 Å². The van der Waals surface area contributed by atoms with Crippen molar-refractivity contribution in [1.29, 1.82) is 0 Å². The minimum absolute atomic E-state index is 0.355. The van der Waals surface area contributed by atoms with Gasteiger partial charge in [-0.1, -0.05) is 30.3 Å². The van der Waals surface area contributed by atoms with Gasteiger partial charge in [0.05, 0.1) is 12.8 Å². The summed E-state index contributed by atoms with van der Waals surface area (Å²) in [5, 5.41) is 3.30. The molecule has 6 nitrogen and oxygen atoms in total. The fraction of sp³-hybridized carbons (Fsp3) is 0.176. The third-order valence-corrected chi connectivity index (χ3v) is 3.30. The molecule has 2 aromatic rings. The zero-order chi connectivity index (χ0) is 20.1. The molecule has 144 valence electrons. The van der Waals surface area contributed by atoms with Crippen molar-refractivity contribution in [3.05, 3.63) is 60.4 Å². The summed E-state index contributed by atoms with van der Waals surface area (Å²) < 4.78 is 63.8. The van der Waals surface area contributed by atoms with Crippen molar-refractivity contribution in [2.45, 2.75) is 11.9 Å². The molecule has 0 saturated heterocycles. The van der Waals surface area contributed by atoms with Crippen LogP contribution in [0.4, 0.5) is 28.0 Å². The predicted molar refractivity (Wildman–Crippen MR) is 86.4 cm³/mol. The third kappa shape index (κ3) is 4.46. The van der Waals surface area contributed by atoms with Crippen LogP contribution in [0.3, 0.4) is 0 Å². The fourth-order valence-electron chi connectivity index (χ4n) is 2.05. The summed E-state index contributed by atoms with van der Waals surface area (Å²) in [6, 6.07) is 9.83. The lowest BCUT2D eigenvalue weighted by Gasteiger charge is -2.33. The Balaban J connectivity index is 2.37. The molecule has 0 fully saturated rings. The molecule has 0 bridgehead atoms. The lowest BCUT2D eigenvalue weighted by atomic mass is 10.2. The van der Waals surface area contributed by atoms with E-state index in [9.17, 15) is 27.2 Å². The lowest BCUT2D eigenvalue weighted by molar-refractivity contribution is -0.258. The molecule has 0 heterocycles. The summed E-state index contributed by atoms with van der Waals surface area (Å²) in [5.74, 6) is -3.15. The molecule has 10 heteroatoms. The van der Waals surface area contributed by atoms with Crippen LogP contribution in [-0.4, -0.2) is 31.0 Å². The van der Waals surface area contributed by atoms with Gasteiger partial charge in [-0.05, 0) is 24.3 Å². The summed E-state index contributed by atoms with van der Waals surface area (Å²) in [4.78, 5) is 24.0. The van der Waals surface area contributed by atoms with Crippen LogP contribution in [-0.2, 0) is 9.53 Å². The second kappa shape index (κ2) is 7.94. The van der Waals surface area contributed by atoms with Gasteiger partial charge in [0.15, 0.2) is 0 Å². The Morgan fingerprint density at radius 1 is 0.963 bits per heavy atom. The Bertz CT molecular complexity index is 814. The lowest BCUT2D eigenvalue weighted by Crippen LogP contribution is -2.68. The van der Waals surface area contributed by atoms with Crippen LogP contribution in [0.2, 0.25) is 0 Å². The molecule has 0 radical (unpaired) electrons. The van der Waals surface area contributed by atoms with Crippen LogP contribution in [0.5, 0.6) is 5.75 Å². The van der Waals surface area contributed by atoms with Crippen molar-refractivity contribution >= 4 is 17.7 Å². The number of carbonyl (C=O) groups is 2. The Morgan fingerprint density at radius 2 is 1.56 bits per heavy atom. The van der Waals surface area contributed by atoms with Gasteiger partial charge in [-0.15, -0.1) is 0 Å². The van der Waals surface area contributed by atoms with Crippen LogP contribution < -0.4 is 15.4 Å². The molecule has 0 aromatic heterocycles. The third-order valence-electron chi connectivity index (χ3n) is 3.30. The standard InChI is InChI=1S/C17H14F4N2O4/c1-26-14(24)16(17(19,20)21,27-11-7-3-2-4-8-11)23-15(25)22-13-10-6-5-9-12(13)18/h2-10H,1H3,(H2,22,23,25)/t16-/m0/s1. The Labute approximate surface area is 151 Å². The first kappa shape index (κ1) is 20.0. The van der Waals surface area contributed by atoms with E-state index in [1.807, 2.05) is 5.32 Å². The van der Waals surface area contributed by atoms with Crippen molar-refractivity contribution < 1.29 is 36.6 Å². The second-order valence-electron chi connectivity index (χ2n) is 5.14. The number of carbonyl (C=O) groups excluding carboxylic acids is 2. The number of para-hydroxylation sites is 2. The van der Waals surface area contributed by atoms with E-state index in [1.54, 1.807) is 0 Å². The highest BCUT2D eigenvalue weighted by molar-refractivity contribution is 5.94. The normalized spacial score (nSPS) is 13.2. The molecule has 2 rings (SSSR count). The van der Waals surface area contributed by atoms with Crippen LogP contribution in [0.15, 0.2) is 54.6 Å². The summed E-state index contributed by atoms with van der Waals surface area (Å²) in [6.45, 7) is 0. The highest BCUT2D eigenvalue weighted by Crippen LogP contribution is 2.34. The van der Waals surface area contributed by atoms with Gasteiger partial charge in [-0.2, -0.15) is 13.2 Å². The summed E-state index contributed by atoms with van der Waals surface area (Å²) in [6.07, 6.45) is -5.40. The van der Waals surface area contributed by atoms with E-state index in [0.717, 1.165) is 24.3 Å². The number of rotatable bonds is 5. The molecule has 27 heavy (non-hydrogen) atoms. The van der Waals surface area contributed by atoms with Gasteiger partial charge in [-0.25, -0.2) is 14.0 Å². The molecule has 0 aliphatic carbocycles. The SMILES string of the molecule is COC(=O)[C@](NC(=O)Nc1ccccc1F)(Oc1ccccc1)C(F)(F)F. The van der Waals surface area contributed by atoms with Crippen LogP contribution in [0.25, 0.3) is 0 Å². The molecule has 0 aliphatic heterocycles. The quantitative estimate of drug-likeness (QED) is 0.469. The van der Waals surface area contributed by atoms with Gasteiger partial charge in [0.1, 0.15) is 11.6 Å². The molecule has 2 aromatic carbocycles. The molecule has 0 unspecified atom stereocenters. The molecule has 0 aliphatic rings. The number of anilines is 1. The summed E-state index contributed by atoms with van der Waals surface area (Å²) in [5.41, 5.74) is -4.24. The predicted octanol–water partition coefficient (Wildman–Crippen LogP) is 3.46. The zero-order valence-corrected chi connectivity index (χ0v) is 13.8. The first-order chi connectivity index (χ1) is 12.7. The van der Waals surface area contributed by atoms with Crippen LogP contribution in [0, 0.1) is 5.82 Å². The van der Waals surface area contributed by atoms with Gasteiger partial charge >= 0.3 is 23.9 Å². The maximum atomic E-state index is 13.7. The number of ether oxygens (including phenoxy) is 2. The average molecular weight is 386 g/mol. The minimum Gasteiger partial charge on any atom is -0.464 e. The van der Waals surface area contributed by atoms with E-state index in [4.69, 9.17) is 4.74 Å². The number of nitrogens with one attached hydrogen (secondary N) is 2. The van der Waals surface area contributed by atoms with Crippen molar-refractivity contribution in [1.82, 2.24) is 5.32 Å². The monoisotopic (exact) mass is 386 g/mol. The Hall–Kier alpha value is -3.30.